The van der Waals surface area contributed by atoms with Crippen LogP contribution in [0.15, 0.2) is 54.9 Å². The van der Waals surface area contributed by atoms with E-state index in [2.05, 4.69) is 17.1 Å². The minimum atomic E-state index is -5.08. The number of rotatable bonds is 4. The van der Waals surface area contributed by atoms with Gasteiger partial charge in [-0.05, 0) is 30.5 Å². The van der Waals surface area contributed by atoms with Crippen LogP contribution in [0.2, 0.25) is 0 Å². The van der Waals surface area contributed by atoms with Crippen LogP contribution in [0, 0.1) is 0 Å². The molecule has 2 aromatic rings. The summed E-state index contributed by atoms with van der Waals surface area (Å²) < 4.78 is 37.3. The van der Waals surface area contributed by atoms with Crippen LogP contribution in [0.1, 0.15) is 22.3 Å². The molecule has 0 bridgehead atoms. The summed E-state index contributed by atoms with van der Waals surface area (Å²) in [6.07, 6.45) is -0.00562. The second-order valence-corrected chi connectivity index (χ2v) is 6.36. The summed E-state index contributed by atoms with van der Waals surface area (Å²) in [4.78, 5) is 27.6. The van der Waals surface area contributed by atoms with E-state index in [1.54, 1.807) is 25.6 Å². The summed E-state index contributed by atoms with van der Waals surface area (Å²) >= 11 is 0. The number of nitrogens with zero attached hydrogens (tertiary/aromatic N) is 2. The zero-order valence-electron chi connectivity index (χ0n) is 15.7. The van der Waals surface area contributed by atoms with Crippen molar-refractivity contribution in [2.45, 2.75) is 31.2 Å². The standard InChI is InChI=1S/C18H20N2O2.C2HF3O2/c1-22-17-9-11-20(18(21)15-8-5-10-19-13-15)16(17)12-14-6-3-2-4-7-14;3-2(4,5)1(6)7/h2-8,10,13,16-17H,9,11-12H2,1H3;(H,6,7)/t16-,17-;/m0./s1. The first-order valence-corrected chi connectivity index (χ1v) is 8.82. The number of aromatic nitrogens is 1. The smallest absolute Gasteiger partial charge is 0.475 e. The second kappa shape index (κ2) is 10.0. The molecular weight excluding hydrogens is 389 g/mol. The second-order valence-electron chi connectivity index (χ2n) is 6.36. The van der Waals surface area contributed by atoms with Gasteiger partial charge >= 0.3 is 12.1 Å². The van der Waals surface area contributed by atoms with E-state index < -0.39 is 12.1 Å². The van der Waals surface area contributed by atoms with Gasteiger partial charge in [-0.3, -0.25) is 9.78 Å². The molecule has 1 aliphatic rings. The third kappa shape index (κ3) is 6.28. The molecule has 1 saturated heterocycles. The van der Waals surface area contributed by atoms with Crippen molar-refractivity contribution in [3.8, 4) is 0 Å². The first kappa shape index (κ1) is 22.4. The number of carboxylic acids is 1. The molecule has 1 amide bonds. The molecule has 9 heteroatoms. The van der Waals surface area contributed by atoms with Gasteiger partial charge in [-0.25, -0.2) is 4.79 Å². The molecule has 1 fully saturated rings. The van der Waals surface area contributed by atoms with Gasteiger partial charge in [0.25, 0.3) is 5.91 Å². The Kier molecular flexibility index (Phi) is 7.72. The molecule has 2 heterocycles. The predicted molar refractivity (Wildman–Crippen MR) is 98.3 cm³/mol. The molecule has 6 nitrogen and oxygen atoms in total. The molecule has 1 aliphatic heterocycles. The van der Waals surface area contributed by atoms with Gasteiger partial charge in [-0.15, -0.1) is 0 Å². The minimum Gasteiger partial charge on any atom is -0.475 e. The number of likely N-dealkylation sites (tertiary alicyclic amines) is 1. The number of hydrogen-bond donors (Lipinski definition) is 1. The number of carboxylic acid groups (broad SMARTS) is 1. The van der Waals surface area contributed by atoms with Crippen LogP contribution in [0.4, 0.5) is 13.2 Å². The van der Waals surface area contributed by atoms with Gasteiger partial charge in [-0.2, -0.15) is 13.2 Å². The molecule has 156 valence electrons. The van der Waals surface area contributed by atoms with E-state index in [1.807, 2.05) is 29.2 Å². The van der Waals surface area contributed by atoms with E-state index in [9.17, 15) is 18.0 Å². The van der Waals surface area contributed by atoms with Crippen LogP contribution in [-0.4, -0.2) is 58.8 Å². The first-order valence-electron chi connectivity index (χ1n) is 8.82. The number of pyridine rings is 1. The summed E-state index contributed by atoms with van der Waals surface area (Å²) in [6, 6.07) is 13.9. The van der Waals surface area contributed by atoms with Crippen LogP contribution in [0.25, 0.3) is 0 Å². The fraction of sp³-hybridized carbons (Fsp3) is 0.350. The summed E-state index contributed by atoms with van der Waals surface area (Å²) in [6.45, 7) is 0.726. The number of halogens is 3. The van der Waals surface area contributed by atoms with Gasteiger partial charge in [0, 0.05) is 26.0 Å². The Morgan fingerprint density at radius 3 is 2.38 bits per heavy atom. The molecule has 2 atom stereocenters. The number of carbonyl (C=O) groups is 2. The fourth-order valence-electron chi connectivity index (χ4n) is 3.10. The van der Waals surface area contributed by atoms with Crippen molar-refractivity contribution in [3.05, 3.63) is 66.0 Å². The lowest BCUT2D eigenvalue weighted by Crippen LogP contribution is -2.41. The number of amides is 1. The SMILES string of the molecule is CO[C@H]1CCN(C(=O)c2cccnc2)[C@H]1Cc1ccccc1.O=C(O)C(F)(F)F. The molecule has 1 aromatic carbocycles. The highest BCUT2D eigenvalue weighted by atomic mass is 19.4. The highest BCUT2D eigenvalue weighted by Gasteiger charge is 2.38. The van der Waals surface area contributed by atoms with Gasteiger partial charge in [-0.1, -0.05) is 30.3 Å². The number of benzene rings is 1. The Balaban J connectivity index is 0.000000370. The van der Waals surface area contributed by atoms with Crippen molar-refractivity contribution in [3.63, 3.8) is 0 Å². The number of methoxy groups -OCH3 is 1. The van der Waals surface area contributed by atoms with Crippen LogP contribution < -0.4 is 0 Å². The number of carbonyl (C=O) groups excluding carboxylic acids is 1. The molecule has 0 spiro atoms. The molecule has 0 radical (unpaired) electrons. The largest absolute Gasteiger partial charge is 0.490 e. The Morgan fingerprint density at radius 1 is 1.21 bits per heavy atom. The zero-order valence-corrected chi connectivity index (χ0v) is 15.7. The van der Waals surface area contributed by atoms with Gasteiger partial charge in [0.2, 0.25) is 0 Å². The molecule has 29 heavy (non-hydrogen) atoms. The monoisotopic (exact) mass is 410 g/mol. The van der Waals surface area contributed by atoms with E-state index >= 15 is 0 Å². The fourth-order valence-corrected chi connectivity index (χ4v) is 3.10. The van der Waals surface area contributed by atoms with E-state index in [0.29, 0.717) is 5.56 Å². The summed E-state index contributed by atoms with van der Waals surface area (Å²) in [7, 11) is 1.72. The lowest BCUT2D eigenvalue weighted by Gasteiger charge is -2.28. The highest BCUT2D eigenvalue weighted by molar-refractivity contribution is 5.94. The molecular formula is C20H21F3N2O4. The molecule has 0 unspecified atom stereocenters. The van der Waals surface area contributed by atoms with Gasteiger partial charge < -0.3 is 14.7 Å². The normalized spacial score (nSPS) is 18.7. The molecule has 3 rings (SSSR count). The predicted octanol–water partition coefficient (Wildman–Crippen LogP) is 3.19. The van der Waals surface area contributed by atoms with Gasteiger partial charge in [0.1, 0.15) is 0 Å². The van der Waals surface area contributed by atoms with Crippen molar-refractivity contribution in [2.24, 2.45) is 0 Å². The maximum atomic E-state index is 12.7. The van der Waals surface area contributed by atoms with E-state index in [-0.39, 0.29) is 18.1 Å². The van der Waals surface area contributed by atoms with Crippen molar-refractivity contribution in [1.82, 2.24) is 9.88 Å². The number of alkyl halides is 3. The minimum absolute atomic E-state index is 0.0357. The average molecular weight is 410 g/mol. The van der Waals surface area contributed by atoms with Gasteiger partial charge in [0.15, 0.2) is 0 Å². The van der Waals surface area contributed by atoms with E-state index in [4.69, 9.17) is 14.6 Å². The highest BCUT2D eigenvalue weighted by Crippen LogP contribution is 2.25. The third-order valence-electron chi connectivity index (χ3n) is 4.49. The Labute approximate surface area is 165 Å². The van der Waals surface area contributed by atoms with Gasteiger partial charge in [0.05, 0.1) is 17.7 Å². The zero-order chi connectivity index (χ0) is 21.4. The lowest BCUT2D eigenvalue weighted by molar-refractivity contribution is -0.192. The first-order chi connectivity index (χ1) is 13.7. The number of aliphatic carboxylic acids is 1. The van der Waals surface area contributed by atoms with Crippen molar-refractivity contribution >= 4 is 11.9 Å². The summed E-state index contributed by atoms with van der Waals surface area (Å²) in [5.74, 6) is -2.72. The molecule has 0 aliphatic carbocycles. The number of hydrogen-bond acceptors (Lipinski definition) is 4. The topological polar surface area (TPSA) is 79.7 Å². The Morgan fingerprint density at radius 2 is 1.86 bits per heavy atom. The average Bonchev–Trinajstić information content (AvgIpc) is 3.11. The maximum absolute atomic E-state index is 12.7. The summed E-state index contributed by atoms with van der Waals surface area (Å²) in [5.41, 5.74) is 1.86. The van der Waals surface area contributed by atoms with Crippen LogP contribution >= 0.6 is 0 Å². The van der Waals surface area contributed by atoms with E-state index in [0.717, 1.165) is 19.4 Å². The third-order valence-corrected chi connectivity index (χ3v) is 4.49. The van der Waals surface area contributed by atoms with Crippen LogP contribution in [0.5, 0.6) is 0 Å². The van der Waals surface area contributed by atoms with Crippen molar-refractivity contribution in [1.29, 1.82) is 0 Å². The Hall–Kier alpha value is -2.94. The molecule has 0 saturated carbocycles. The van der Waals surface area contributed by atoms with E-state index in [1.165, 1.54) is 5.56 Å². The number of ether oxygens (including phenoxy) is 1. The van der Waals surface area contributed by atoms with Crippen LogP contribution in [0.3, 0.4) is 0 Å². The van der Waals surface area contributed by atoms with Crippen molar-refractivity contribution < 1.29 is 32.6 Å². The summed E-state index contributed by atoms with van der Waals surface area (Å²) in [5, 5.41) is 7.12. The van der Waals surface area contributed by atoms with Crippen LogP contribution in [-0.2, 0) is 16.0 Å². The maximum Gasteiger partial charge on any atom is 0.490 e. The molecule has 1 aromatic heterocycles. The van der Waals surface area contributed by atoms with Crippen molar-refractivity contribution in [2.75, 3.05) is 13.7 Å². The Bertz CT molecular complexity index is 800. The quantitative estimate of drug-likeness (QED) is 0.838. The lowest BCUT2D eigenvalue weighted by atomic mass is 10.0. The molecule has 1 N–H and O–H groups in total.